The SMILES string of the molecule is CCC1OCCC1C(COC(C)C)NC. The molecule has 3 unspecified atom stereocenters. The Balaban J connectivity index is 2.42. The first-order valence-corrected chi connectivity index (χ1v) is 6.09. The van der Waals surface area contributed by atoms with E-state index in [0.29, 0.717) is 24.2 Å². The highest BCUT2D eigenvalue weighted by Crippen LogP contribution is 2.26. The topological polar surface area (TPSA) is 30.5 Å². The molecule has 3 nitrogen and oxygen atoms in total. The summed E-state index contributed by atoms with van der Waals surface area (Å²) in [6.07, 6.45) is 2.98. The molecule has 0 aromatic carbocycles. The van der Waals surface area contributed by atoms with E-state index in [1.54, 1.807) is 0 Å². The van der Waals surface area contributed by atoms with Gasteiger partial charge in [0.2, 0.25) is 0 Å². The lowest BCUT2D eigenvalue weighted by atomic mass is 9.92. The zero-order valence-electron chi connectivity index (χ0n) is 10.5. The molecular formula is C12H25NO2. The molecule has 0 aromatic heterocycles. The van der Waals surface area contributed by atoms with Crippen LogP contribution in [0.2, 0.25) is 0 Å². The van der Waals surface area contributed by atoms with Gasteiger partial charge in [-0.2, -0.15) is 0 Å². The first-order valence-electron chi connectivity index (χ1n) is 6.09. The summed E-state index contributed by atoms with van der Waals surface area (Å²) in [6.45, 7) is 8.05. The van der Waals surface area contributed by atoms with Gasteiger partial charge in [-0.15, -0.1) is 0 Å². The van der Waals surface area contributed by atoms with Crippen molar-refractivity contribution in [1.29, 1.82) is 0 Å². The second kappa shape index (κ2) is 6.46. The Morgan fingerprint density at radius 2 is 2.20 bits per heavy atom. The van der Waals surface area contributed by atoms with Crippen LogP contribution in [0.5, 0.6) is 0 Å². The van der Waals surface area contributed by atoms with Crippen molar-refractivity contribution in [2.24, 2.45) is 5.92 Å². The Bertz CT molecular complexity index is 173. The predicted molar refractivity (Wildman–Crippen MR) is 62.1 cm³/mol. The van der Waals surface area contributed by atoms with Crippen LogP contribution in [0.25, 0.3) is 0 Å². The summed E-state index contributed by atoms with van der Waals surface area (Å²) in [5, 5.41) is 3.36. The maximum Gasteiger partial charge on any atom is 0.0626 e. The fourth-order valence-electron chi connectivity index (χ4n) is 2.26. The fourth-order valence-corrected chi connectivity index (χ4v) is 2.26. The summed E-state index contributed by atoms with van der Waals surface area (Å²) in [5.74, 6) is 0.610. The molecule has 1 heterocycles. The van der Waals surface area contributed by atoms with E-state index in [-0.39, 0.29) is 0 Å². The smallest absolute Gasteiger partial charge is 0.0626 e. The Hall–Kier alpha value is -0.120. The molecule has 0 aromatic rings. The first kappa shape index (κ1) is 12.9. The molecule has 0 bridgehead atoms. The Morgan fingerprint density at radius 3 is 2.73 bits per heavy atom. The largest absolute Gasteiger partial charge is 0.378 e. The van der Waals surface area contributed by atoms with Gasteiger partial charge in [-0.1, -0.05) is 6.92 Å². The molecule has 15 heavy (non-hydrogen) atoms. The molecular weight excluding hydrogens is 190 g/mol. The molecule has 90 valence electrons. The summed E-state index contributed by atoms with van der Waals surface area (Å²) in [5.41, 5.74) is 0. The number of hydrogen-bond donors (Lipinski definition) is 1. The van der Waals surface area contributed by atoms with Crippen molar-refractivity contribution in [3.05, 3.63) is 0 Å². The second-order valence-electron chi connectivity index (χ2n) is 4.55. The van der Waals surface area contributed by atoms with Crippen molar-refractivity contribution in [3.8, 4) is 0 Å². The van der Waals surface area contributed by atoms with Crippen molar-refractivity contribution in [1.82, 2.24) is 5.32 Å². The standard InChI is InChI=1S/C12H25NO2/c1-5-12-10(6-7-14-12)11(13-4)8-15-9(2)3/h9-13H,5-8H2,1-4H3. The van der Waals surface area contributed by atoms with Crippen molar-refractivity contribution < 1.29 is 9.47 Å². The van der Waals surface area contributed by atoms with Crippen molar-refractivity contribution in [3.63, 3.8) is 0 Å². The number of hydrogen-bond acceptors (Lipinski definition) is 3. The van der Waals surface area contributed by atoms with E-state index >= 15 is 0 Å². The van der Waals surface area contributed by atoms with Crippen LogP contribution in [0.1, 0.15) is 33.6 Å². The summed E-state index contributed by atoms with van der Waals surface area (Å²) < 4.78 is 11.4. The van der Waals surface area contributed by atoms with Crippen LogP contribution in [0.3, 0.4) is 0 Å². The van der Waals surface area contributed by atoms with Crippen molar-refractivity contribution in [2.75, 3.05) is 20.3 Å². The molecule has 1 rings (SSSR count). The van der Waals surface area contributed by atoms with Crippen molar-refractivity contribution in [2.45, 2.75) is 51.9 Å². The van der Waals surface area contributed by atoms with Crippen LogP contribution < -0.4 is 5.32 Å². The highest BCUT2D eigenvalue weighted by molar-refractivity contribution is 4.85. The van der Waals surface area contributed by atoms with E-state index in [9.17, 15) is 0 Å². The molecule has 1 fully saturated rings. The molecule has 3 atom stereocenters. The summed E-state index contributed by atoms with van der Waals surface area (Å²) in [4.78, 5) is 0. The number of rotatable bonds is 6. The summed E-state index contributed by atoms with van der Waals surface area (Å²) in [6, 6.07) is 0.430. The molecule has 0 amide bonds. The van der Waals surface area contributed by atoms with E-state index in [1.807, 2.05) is 7.05 Å². The van der Waals surface area contributed by atoms with Crippen LogP contribution in [0.4, 0.5) is 0 Å². The molecule has 0 radical (unpaired) electrons. The molecule has 1 N–H and O–H groups in total. The lowest BCUT2D eigenvalue weighted by Crippen LogP contribution is -2.41. The van der Waals surface area contributed by atoms with Crippen molar-refractivity contribution >= 4 is 0 Å². The second-order valence-corrected chi connectivity index (χ2v) is 4.55. The zero-order chi connectivity index (χ0) is 11.3. The molecule has 1 aliphatic rings. The number of likely N-dealkylation sites (N-methyl/N-ethyl adjacent to an activating group) is 1. The molecule has 1 saturated heterocycles. The maximum atomic E-state index is 5.71. The Morgan fingerprint density at radius 1 is 1.47 bits per heavy atom. The average molecular weight is 215 g/mol. The summed E-state index contributed by atoms with van der Waals surface area (Å²) >= 11 is 0. The minimum absolute atomic E-state index is 0.309. The van der Waals surface area contributed by atoms with Gasteiger partial charge in [0.15, 0.2) is 0 Å². The number of ether oxygens (including phenoxy) is 2. The Kier molecular flexibility index (Phi) is 5.58. The fraction of sp³-hybridized carbons (Fsp3) is 1.00. The highest BCUT2D eigenvalue weighted by Gasteiger charge is 2.32. The van der Waals surface area contributed by atoms with Gasteiger partial charge < -0.3 is 14.8 Å². The van der Waals surface area contributed by atoms with Gasteiger partial charge in [0.1, 0.15) is 0 Å². The lowest BCUT2D eigenvalue weighted by Gasteiger charge is -2.27. The maximum absolute atomic E-state index is 5.71. The number of nitrogens with one attached hydrogen (secondary N) is 1. The summed E-state index contributed by atoms with van der Waals surface area (Å²) in [7, 11) is 2.01. The third kappa shape index (κ3) is 3.74. The van der Waals surface area contributed by atoms with Gasteiger partial charge in [0, 0.05) is 18.6 Å². The zero-order valence-corrected chi connectivity index (χ0v) is 10.5. The molecule has 0 saturated carbocycles. The van der Waals surface area contributed by atoms with Gasteiger partial charge in [-0.25, -0.2) is 0 Å². The third-order valence-corrected chi connectivity index (χ3v) is 3.16. The molecule has 1 aliphatic heterocycles. The van der Waals surface area contributed by atoms with Gasteiger partial charge in [0.05, 0.1) is 18.8 Å². The first-order chi connectivity index (χ1) is 7.19. The van der Waals surface area contributed by atoms with E-state index in [1.165, 1.54) is 0 Å². The molecule has 0 aliphatic carbocycles. The quantitative estimate of drug-likeness (QED) is 0.733. The highest BCUT2D eigenvalue weighted by atomic mass is 16.5. The van der Waals surface area contributed by atoms with Crippen LogP contribution >= 0.6 is 0 Å². The predicted octanol–water partition coefficient (Wildman–Crippen LogP) is 1.81. The third-order valence-electron chi connectivity index (χ3n) is 3.16. The average Bonchev–Trinajstić information content (AvgIpc) is 2.66. The minimum Gasteiger partial charge on any atom is -0.378 e. The van der Waals surface area contributed by atoms with Gasteiger partial charge in [0.25, 0.3) is 0 Å². The lowest BCUT2D eigenvalue weighted by molar-refractivity contribution is 0.0280. The van der Waals surface area contributed by atoms with Gasteiger partial charge in [-0.3, -0.25) is 0 Å². The minimum atomic E-state index is 0.309. The van der Waals surface area contributed by atoms with Crippen LogP contribution in [-0.2, 0) is 9.47 Å². The van der Waals surface area contributed by atoms with Crippen LogP contribution in [-0.4, -0.2) is 38.5 Å². The monoisotopic (exact) mass is 215 g/mol. The van der Waals surface area contributed by atoms with E-state index in [0.717, 1.165) is 26.1 Å². The molecule has 3 heteroatoms. The van der Waals surface area contributed by atoms with E-state index in [2.05, 4.69) is 26.1 Å². The van der Waals surface area contributed by atoms with Crippen LogP contribution in [0, 0.1) is 5.92 Å². The Labute approximate surface area is 93.5 Å². The van der Waals surface area contributed by atoms with Crippen LogP contribution in [0.15, 0.2) is 0 Å². The van der Waals surface area contributed by atoms with Gasteiger partial charge in [-0.05, 0) is 33.7 Å². The normalized spacial score (nSPS) is 28.6. The molecule has 0 spiro atoms. The van der Waals surface area contributed by atoms with Gasteiger partial charge >= 0.3 is 0 Å². The van der Waals surface area contributed by atoms with E-state index < -0.39 is 0 Å². The van der Waals surface area contributed by atoms with E-state index in [4.69, 9.17) is 9.47 Å².